The molecule has 108 valence electrons. The van der Waals surface area contributed by atoms with Crippen molar-refractivity contribution in [3.63, 3.8) is 0 Å². The van der Waals surface area contributed by atoms with Gasteiger partial charge >= 0.3 is 5.97 Å². The number of halogens is 1. The van der Waals surface area contributed by atoms with Crippen molar-refractivity contribution in [2.75, 3.05) is 23.0 Å². The first-order valence-electron chi connectivity index (χ1n) is 5.99. The average Bonchev–Trinajstić information content (AvgIpc) is 2.39. The highest BCUT2D eigenvalue weighted by Gasteiger charge is 2.29. The molecule has 0 bridgehead atoms. The van der Waals surface area contributed by atoms with Gasteiger partial charge in [0.1, 0.15) is 5.69 Å². The molecule has 6 nitrogen and oxygen atoms in total. The van der Waals surface area contributed by atoms with E-state index < -0.39 is 10.9 Å². The molecule has 2 rings (SSSR count). The Morgan fingerprint density at radius 2 is 2.35 bits per heavy atom. The van der Waals surface area contributed by atoms with E-state index in [9.17, 15) is 14.9 Å². The summed E-state index contributed by atoms with van der Waals surface area (Å²) in [6, 6.07) is 4.23. The molecule has 1 fully saturated rings. The van der Waals surface area contributed by atoms with Crippen LogP contribution >= 0.6 is 23.4 Å². The third-order valence-electron chi connectivity index (χ3n) is 3.08. The fraction of sp³-hybridized carbons (Fsp3) is 0.417. The molecule has 1 aromatic rings. The Kier molecular flexibility index (Phi) is 4.72. The maximum absolute atomic E-state index is 11.1. The number of nitro benzene ring substituents is 1. The van der Waals surface area contributed by atoms with Crippen LogP contribution in [0.3, 0.4) is 0 Å². The van der Waals surface area contributed by atoms with Crippen molar-refractivity contribution >= 4 is 40.7 Å². The minimum Gasteiger partial charge on any atom is -0.481 e. The predicted octanol–water partition coefficient (Wildman–Crippen LogP) is 2.64. The molecular weight excluding hydrogens is 304 g/mol. The zero-order valence-corrected chi connectivity index (χ0v) is 12.1. The van der Waals surface area contributed by atoms with Crippen LogP contribution in [0.1, 0.15) is 6.42 Å². The van der Waals surface area contributed by atoms with Crippen LogP contribution in [-0.4, -0.2) is 40.1 Å². The van der Waals surface area contributed by atoms with Gasteiger partial charge in [0.05, 0.1) is 11.3 Å². The van der Waals surface area contributed by atoms with Crippen molar-refractivity contribution in [3.8, 4) is 0 Å². The molecule has 0 aliphatic carbocycles. The summed E-state index contributed by atoms with van der Waals surface area (Å²) in [7, 11) is 0. The van der Waals surface area contributed by atoms with E-state index >= 15 is 0 Å². The van der Waals surface area contributed by atoms with Crippen molar-refractivity contribution in [1.82, 2.24) is 0 Å². The van der Waals surface area contributed by atoms with Gasteiger partial charge in [-0.05, 0) is 12.1 Å². The monoisotopic (exact) mass is 316 g/mol. The largest absolute Gasteiger partial charge is 0.481 e. The van der Waals surface area contributed by atoms with Gasteiger partial charge in [-0.15, -0.1) is 0 Å². The number of thioether (sulfide) groups is 1. The number of carboxylic acid groups (broad SMARTS) is 1. The minimum absolute atomic E-state index is 0.0349. The molecule has 0 amide bonds. The standard InChI is InChI=1S/C12H13ClN2O4S/c13-8-1-2-10(11(5-8)15(18)19)14-3-4-20-7-9(14)6-12(16)17/h1-2,5,9H,3-4,6-7H2,(H,16,17). The third-order valence-corrected chi connectivity index (χ3v) is 4.41. The lowest BCUT2D eigenvalue weighted by molar-refractivity contribution is -0.384. The van der Waals surface area contributed by atoms with E-state index in [4.69, 9.17) is 16.7 Å². The lowest BCUT2D eigenvalue weighted by Gasteiger charge is -2.36. The zero-order chi connectivity index (χ0) is 14.7. The Hall–Kier alpha value is -1.47. The molecule has 20 heavy (non-hydrogen) atoms. The van der Waals surface area contributed by atoms with Crippen molar-refractivity contribution in [2.45, 2.75) is 12.5 Å². The lowest BCUT2D eigenvalue weighted by atomic mass is 10.1. The number of nitrogens with zero attached hydrogens (tertiary/aromatic N) is 2. The summed E-state index contributed by atoms with van der Waals surface area (Å²) in [5, 5.41) is 20.4. The van der Waals surface area contributed by atoms with Gasteiger partial charge in [-0.25, -0.2) is 0 Å². The molecule has 0 aromatic heterocycles. The van der Waals surface area contributed by atoms with E-state index in [1.54, 1.807) is 28.8 Å². The number of aliphatic carboxylic acids is 1. The molecule has 1 heterocycles. The second-order valence-electron chi connectivity index (χ2n) is 4.41. The highest BCUT2D eigenvalue weighted by Crippen LogP contribution is 2.35. The molecule has 1 N–H and O–H groups in total. The molecule has 1 aromatic carbocycles. The van der Waals surface area contributed by atoms with E-state index in [0.29, 0.717) is 23.0 Å². The molecular formula is C12H13ClN2O4S. The predicted molar refractivity (Wildman–Crippen MR) is 78.8 cm³/mol. The van der Waals surface area contributed by atoms with Gasteiger partial charge in [-0.2, -0.15) is 11.8 Å². The Bertz CT molecular complexity index is 540. The summed E-state index contributed by atoms with van der Waals surface area (Å²) >= 11 is 7.46. The Morgan fingerprint density at radius 3 is 3.00 bits per heavy atom. The van der Waals surface area contributed by atoms with Crippen LogP contribution in [0.2, 0.25) is 5.02 Å². The first kappa shape index (κ1) is 14.9. The maximum atomic E-state index is 11.1. The molecule has 8 heteroatoms. The molecule has 0 radical (unpaired) electrons. The smallest absolute Gasteiger partial charge is 0.305 e. The summed E-state index contributed by atoms with van der Waals surface area (Å²) in [5.74, 6) is 0.557. The Labute approximate surface area is 124 Å². The summed E-state index contributed by atoms with van der Waals surface area (Å²) < 4.78 is 0. The van der Waals surface area contributed by atoms with E-state index in [-0.39, 0.29) is 18.2 Å². The number of rotatable bonds is 4. The minimum atomic E-state index is -0.904. The van der Waals surface area contributed by atoms with Gasteiger partial charge in [0.2, 0.25) is 0 Å². The maximum Gasteiger partial charge on any atom is 0.305 e. The summed E-state index contributed by atoms with van der Waals surface area (Å²) in [6.07, 6.45) is -0.0349. The topological polar surface area (TPSA) is 83.7 Å². The molecule has 1 atom stereocenters. The fourth-order valence-corrected chi connectivity index (χ4v) is 3.46. The van der Waals surface area contributed by atoms with Gasteiger partial charge in [-0.1, -0.05) is 11.6 Å². The van der Waals surface area contributed by atoms with Crippen LogP contribution in [0.25, 0.3) is 0 Å². The van der Waals surface area contributed by atoms with E-state index in [1.807, 2.05) is 0 Å². The van der Waals surface area contributed by atoms with Crippen LogP contribution in [-0.2, 0) is 4.79 Å². The first-order chi connectivity index (χ1) is 9.49. The highest BCUT2D eigenvalue weighted by molar-refractivity contribution is 7.99. The Morgan fingerprint density at radius 1 is 1.60 bits per heavy atom. The first-order valence-corrected chi connectivity index (χ1v) is 7.52. The second kappa shape index (κ2) is 6.32. The van der Waals surface area contributed by atoms with E-state index in [1.165, 1.54) is 6.07 Å². The summed E-state index contributed by atoms with van der Waals surface area (Å²) in [6.45, 7) is 0.588. The van der Waals surface area contributed by atoms with Gasteiger partial charge in [0.25, 0.3) is 5.69 Å². The van der Waals surface area contributed by atoms with Gasteiger partial charge in [0.15, 0.2) is 0 Å². The van der Waals surface area contributed by atoms with Crippen molar-refractivity contribution in [1.29, 1.82) is 0 Å². The normalized spacial score (nSPS) is 18.9. The Balaban J connectivity index is 2.36. The summed E-state index contributed by atoms with van der Waals surface area (Å²) in [4.78, 5) is 23.4. The molecule has 1 aliphatic heterocycles. The van der Waals surface area contributed by atoms with Gasteiger partial charge in [-0.3, -0.25) is 14.9 Å². The number of hydrogen-bond donors (Lipinski definition) is 1. The molecule has 1 unspecified atom stereocenters. The fourth-order valence-electron chi connectivity index (χ4n) is 2.23. The van der Waals surface area contributed by atoms with Gasteiger partial charge < -0.3 is 10.0 Å². The average molecular weight is 317 g/mol. The number of nitro groups is 1. The molecule has 0 saturated carbocycles. The molecule has 1 saturated heterocycles. The number of benzene rings is 1. The van der Waals surface area contributed by atoms with Crippen LogP contribution in [0, 0.1) is 10.1 Å². The van der Waals surface area contributed by atoms with Crippen molar-refractivity contribution < 1.29 is 14.8 Å². The zero-order valence-electron chi connectivity index (χ0n) is 10.5. The van der Waals surface area contributed by atoms with Crippen LogP contribution < -0.4 is 4.90 Å². The van der Waals surface area contributed by atoms with Crippen molar-refractivity contribution in [3.05, 3.63) is 33.3 Å². The number of hydrogen-bond acceptors (Lipinski definition) is 5. The van der Waals surface area contributed by atoms with Crippen molar-refractivity contribution in [2.24, 2.45) is 0 Å². The lowest BCUT2D eigenvalue weighted by Crippen LogP contribution is -2.44. The SMILES string of the molecule is O=C(O)CC1CSCCN1c1ccc(Cl)cc1[N+](=O)[O-]. The second-order valence-corrected chi connectivity index (χ2v) is 6.00. The number of carbonyl (C=O) groups is 1. The van der Waals surface area contributed by atoms with Gasteiger partial charge in [0, 0.05) is 35.2 Å². The van der Waals surface area contributed by atoms with Crippen LogP contribution in [0.5, 0.6) is 0 Å². The number of anilines is 1. The van der Waals surface area contributed by atoms with Crippen LogP contribution in [0.15, 0.2) is 18.2 Å². The molecule has 0 spiro atoms. The summed E-state index contributed by atoms with van der Waals surface area (Å²) in [5.41, 5.74) is 0.353. The van der Waals surface area contributed by atoms with E-state index in [0.717, 1.165) is 5.75 Å². The third kappa shape index (κ3) is 3.34. The van der Waals surface area contributed by atoms with Crippen LogP contribution in [0.4, 0.5) is 11.4 Å². The highest BCUT2D eigenvalue weighted by atomic mass is 35.5. The molecule has 1 aliphatic rings. The van der Waals surface area contributed by atoms with E-state index in [2.05, 4.69) is 0 Å². The number of carboxylic acids is 1. The quantitative estimate of drug-likeness (QED) is 0.679.